The predicted octanol–water partition coefficient (Wildman–Crippen LogP) is 8.27. The van der Waals surface area contributed by atoms with Crippen LogP contribution >= 0.6 is 0 Å². The van der Waals surface area contributed by atoms with Gasteiger partial charge in [0.15, 0.2) is 0 Å². The molecule has 0 aliphatic heterocycles. The summed E-state index contributed by atoms with van der Waals surface area (Å²) in [6.45, 7) is 6.84. The molecule has 30 heavy (non-hydrogen) atoms. The molecule has 0 radical (unpaired) electrons. The Balaban J connectivity index is 1.51. The molecule has 6 rings (SSSR count). The molecule has 0 amide bonds. The van der Waals surface area contributed by atoms with Crippen LogP contribution < -0.4 is 0 Å². The number of hydrogen-bond acceptors (Lipinski definition) is 0. The summed E-state index contributed by atoms with van der Waals surface area (Å²) in [5.74, 6) is 0. The molecule has 0 spiro atoms. The first-order valence-corrected chi connectivity index (χ1v) is 10.7. The van der Waals surface area contributed by atoms with Crippen molar-refractivity contribution >= 4 is 21.5 Å². The molecule has 5 aromatic carbocycles. The molecule has 1 aliphatic carbocycles. The Hall–Kier alpha value is -3.38. The molecule has 0 heterocycles. The SMILES string of the molecule is Cc1ccc2cc3cc(-c4ccc5c(c4)C(C)(C)c4ccccc4-5)ccc3cc2c1. The van der Waals surface area contributed by atoms with Crippen LogP contribution in [0.5, 0.6) is 0 Å². The van der Waals surface area contributed by atoms with Gasteiger partial charge in [0, 0.05) is 5.41 Å². The first-order chi connectivity index (χ1) is 14.5. The van der Waals surface area contributed by atoms with Crippen molar-refractivity contribution in [1.29, 1.82) is 0 Å². The number of rotatable bonds is 1. The summed E-state index contributed by atoms with van der Waals surface area (Å²) in [6.07, 6.45) is 0. The maximum atomic E-state index is 2.40. The molecular formula is C30H24. The zero-order chi connectivity index (χ0) is 20.5. The van der Waals surface area contributed by atoms with Crippen molar-refractivity contribution in [2.24, 2.45) is 0 Å². The summed E-state index contributed by atoms with van der Waals surface area (Å²) in [6, 6.07) is 34.0. The number of fused-ring (bicyclic) bond motifs is 5. The van der Waals surface area contributed by atoms with Crippen LogP contribution in [0.4, 0.5) is 0 Å². The molecule has 0 N–H and O–H groups in total. The molecule has 0 saturated heterocycles. The standard InChI is InChI=1S/C30H24/c1-19-8-9-21-17-25-15-20(10-11-22(25)16-24(21)14-19)23-12-13-27-26-6-4-5-7-28(26)30(2,3)29(27)18-23/h4-18H,1-3H3. The fourth-order valence-electron chi connectivity index (χ4n) is 5.18. The summed E-state index contributed by atoms with van der Waals surface area (Å²) in [7, 11) is 0. The largest absolute Gasteiger partial charge is 0.0619 e. The van der Waals surface area contributed by atoms with E-state index in [1.807, 2.05) is 0 Å². The molecule has 0 unspecified atom stereocenters. The van der Waals surface area contributed by atoms with Crippen molar-refractivity contribution in [1.82, 2.24) is 0 Å². The van der Waals surface area contributed by atoms with Crippen LogP contribution in [0.2, 0.25) is 0 Å². The van der Waals surface area contributed by atoms with Gasteiger partial charge in [-0.2, -0.15) is 0 Å². The average molecular weight is 385 g/mol. The molecule has 0 bridgehead atoms. The normalized spacial score (nSPS) is 14.1. The van der Waals surface area contributed by atoms with Gasteiger partial charge >= 0.3 is 0 Å². The van der Waals surface area contributed by atoms with Crippen LogP contribution in [0, 0.1) is 6.92 Å². The van der Waals surface area contributed by atoms with E-state index < -0.39 is 0 Å². The second-order valence-corrected chi connectivity index (χ2v) is 9.20. The van der Waals surface area contributed by atoms with Gasteiger partial charge in [0.1, 0.15) is 0 Å². The Morgan fingerprint density at radius 1 is 0.500 bits per heavy atom. The quantitative estimate of drug-likeness (QED) is 0.255. The smallest absolute Gasteiger partial charge is 0.0159 e. The molecule has 0 saturated carbocycles. The van der Waals surface area contributed by atoms with E-state index in [-0.39, 0.29) is 5.41 Å². The Kier molecular flexibility index (Phi) is 3.53. The van der Waals surface area contributed by atoms with E-state index in [0.29, 0.717) is 0 Å². The second kappa shape index (κ2) is 6.06. The third-order valence-corrected chi connectivity index (χ3v) is 6.87. The van der Waals surface area contributed by atoms with Gasteiger partial charge in [-0.05, 0) is 86.1 Å². The Morgan fingerprint density at radius 3 is 1.97 bits per heavy atom. The van der Waals surface area contributed by atoms with Crippen molar-refractivity contribution in [3.05, 3.63) is 108 Å². The fraction of sp³-hybridized carbons (Fsp3) is 0.133. The van der Waals surface area contributed by atoms with Crippen molar-refractivity contribution in [2.45, 2.75) is 26.2 Å². The van der Waals surface area contributed by atoms with Gasteiger partial charge < -0.3 is 0 Å². The Bertz CT molecular complexity index is 1470. The molecule has 5 aromatic rings. The molecule has 0 nitrogen and oxygen atoms in total. The van der Waals surface area contributed by atoms with E-state index in [1.165, 1.54) is 60.5 Å². The van der Waals surface area contributed by atoms with Gasteiger partial charge in [-0.1, -0.05) is 86.1 Å². The summed E-state index contributed by atoms with van der Waals surface area (Å²) < 4.78 is 0. The fourth-order valence-corrected chi connectivity index (χ4v) is 5.18. The van der Waals surface area contributed by atoms with E-state index in [4.69, 9.17) is 0 Å². The predicted molar refractivity (Wildman–Crippen MR) is 129 cm³/mol. The summed E-state index contributed by atoms with van der Waals surface area (Å²) in [5.41, 5.74) is 9.52. The third kappa shape index (κ3) is 2.47. The minimum atomic E-state index is 0.0346. The minimum absolute atomic E-state index is 0.0346. The minimum Gasteiger partial charge on any atom is -0.0619 e. The number of hydrogen-bond donors (Lipinski definition) is 0. The van der Waals surface area contributed by atoms with Gasteiger partial charge in [0.25, 0.3) is 0 Å². The Morgan fingerprint density at radius 2 is 1.13 bits per heavy atom. The molecule has 1 aliphatic rings. The summed E-state index contributed by atoms with van der Waals surface area (Å²) in [4.78, 5) is 0. The first-order valence-electron chi connectivity index (χ1n) is 10.7. The monoisotopic (exact) mass is 384 g/mol. The molecule has 0 aromatic heterocycles. The van der Waals surface area contributed by atoms with Crippen molar-refractivity contribution in [2.75, 3.05) is 0 Å². The van der Waals surface area contributed by atoms with E-state index in [0.717, 1.165) is 0 Å². The maximum absolute atomic E-state index is 2.40. The molecule has 0 fully saturated rings. The molecule has 0 atom stereocenters. The number of benzene rings is 5. The zero-order valence-corrected chi connectivity index (χ0v) is 17.7. The second-order valence-electron chi connectivity index (χ2n) is 9.20. The highest BCUT2D eigenvalue weighted by atomic mass is 14.4. The van der Waals surface area contributed by atoms with Crippen LogP contribution in [0.15, 0.2) is 91.0 Å². The van der Waals surface area contributed by atoms with Crippen LogP contribution in [0.25, 0.3) is 43.8 Å². The van der Waals surface area contributed by atoms with Crippen molar-refractivity contribution in [3.8, 4) is 22.3 Å². The average Bonchev–Trinajstić information content (AvgIpc) is 2.99. The lowest BCUT2D eigenvalue weighted by molar-refractivity contribution is 0.660. The van der Waals surface area contributed by atoms with Crippen LogP contribution in [0.3, 0.4) is 0 Å². The lowest BCUT2D eigenvalue weighted by Crippen LogP contribution is -2.14. The summed E-state index contributed by atoms with van der Waals surface area (Å²) in [5, 5.41) is 5.21. The van der Waals surface area contributed by atoms with E-state index in [1.54, 1.807) is 0 Å². The highest BCUT2D eigenvalue weighted by molar-refractivity contribution is 6.00. The van der Waals surface area contributed by atoms with Crippen LogP contribution in [0.1, 0.15) is 30.5 Å². The van der Waals surface area contributed by atoms with Gasteiger partial charge in [-0.3, -0.25) is 0 Å². The van der Waals surface area contributed by atoms with E-state index >= 15 is 0 Å². The topological polar surface area (TPSA) is 0 Å². The van der Waals surface area contributed by atoms with E-state index in [2.05, 4.69) is 112 Å². The first kappa shape index (κ1) is 17.5. The summed E-state index contributed by atoms with van der Waals surface area (Å²) >= 11 is 0. The zero-order valence-electron chi connectivity index (χ0n) is 17.7. The Labute approximate surface area is 177 Å². The maximum Gasteiger partial charge on any atom is 0.0159 e. The van der Waals surface area contributed by atoms with E-state index in [9.17, 15) is 0 Å². The van der Waals surface area contributed by atoms with Crippen LogP contribution in [-0.2, 0) is 5.41 Å². The highest BCUT2D eigenvalue weighted by Gasteiger charge is 2.35. The van der Waals surface area contributed by atoms with Gasteiger partial charge in [0.05, 0.1) is 0 Å². The number of aryl methyl sites for hydroxylation is 1. The van der Waals surface area contributed by atoms with Gasteiger partial charge in [-0.15, -0.1) is 0 Å². The highest BCUT2D eigenvalue weighted by Crippen LogP contribution is 2.49. The molecular weight excluding hydrogens is 360 g/mol. The third-order valence-electron chi connectivity index (χ3n) is 6.87. The van der Waals surface area contributed by atoms with Crippen molar-refractivity contribution < 1.29 is 0 Å². The van der Waals surface area contributed by atoms with Crippen molar-refractivity contribution in [3.63, 3.8) is 0 Å². The lowest BCUT2D eigenvalue weighted by atomic mass is 9.81. The lowest BCUT2D eigenvalue weighted by Gasteiger charge is -2.22. The molecule has 0 heteroatoms. The molecule has 144 valence electrons. The van der Waals surface area contributed by atoms with Gasteiger partial charge in [0.2, 0.25) is 0 Å². The van der Waals surface area contributed by atoms with Gasteiger partial charge in [-0.25, -0.2) is 0 Å². The van der Waals surface area contributed by atoms with Crippen LogP contribution in [-0.4, -0.2) is 0 Å².